The average Bonchev–Trinajstić information content (AvgIpc) is 2.82. The van der Waals surface area contributed by atoms with Crippen LogP contribution in [0.4, 0.5) is 0 Å². The van der Waals surface area contributed by atoms with E-state index in [1.165, 1.54) is 12.2 Å². The summed E-state index contributed by atoms with van der Waals surface area (Å²) in [6.07, 6.45) is 7.07. The molecule has 0 unspecified atom stereocenters. The predicted molar refractivity (Wildman–Crippen MR) is 73.6 cm³/mol. The van der Waals surface area contributed by atoms with Crippen LogP contribution < -0.4 is 11.1 Å². The second kappa shape index (κ2) is 8.93. The first kappa shape index (κ1) is 15.0. The minimum absolute atomic E-state index is 0.164. The lowest BCUT2D eigenvalue weighted by Crippen LogP contribution is -2.24. The first-order valence-electron chi connectivity index (χ1n) is 6.15. The summed E-state index contributed by atoms with van der Waals surface area (Å²) in [6, 6.07) is 0. The van der Waals surface area contributed by atoms with Crippen LogP contribution in [0.1, 0.15) is 29.8 Å². The molecule has 1 aromatic rings. The largest absolute Gasteiger partial charge is 0.351 e. The normalized spacial score (nSPS) is 10.6. The van der Waals surface area contributed by atoms with E-state index in [2.05, 4.69) is 21.9 Å². The smallest absolute Gasteiger partial charge is 0.273 e. The van der Waals surface area contributed by atoms with Gasteiger partial charge in [0.25, 0.3) is 5.91 Å². The van der Waals surface area contributed by atoms with Crippen molar-refractivity contribution in [1.82, 2.24) is 20.3 Å². The quantitative estimate of drug-likeness (QED) is 0.639. The van der Waals surface area contributed by atoms with Crippen LogP contribution in [-0.4, -0.2) is 46.0 Å². The maximum atomic E-state index is 11.7. The summed E-state index contributed by atoms with van der Waals surface area (Å²) in [5.74, 6) is 1.02. The van der Waals surface area contributed by atoms with E-state index < -0.39 is 0 Å². The summed E-state index contributed by atoms with van der Waals surface area (Å²) in [6.45, 7) is 1.76. The fourth-order valence-corrected chi connectivity index (χ4v) is 1.98. The second-order valence-corrected chi connectivity index (χ2v) is 4.95. The fraction of sp³-hybridized carbons (Fsp3) is 0.727. The Morgan fingerprint density at radius 2 is 2.33 bits per heavy atom. The van der Waals surface area contributed by atoms with Gasteiger partial charge in [-0.2, -0.15) is 11.8 Å². The molecule has 0 atom stereocenters. The molecule has 0 saturated heterocycles. The Morgan fingerprint density at radius 3 is 3.06 bits per heavy atom. The number of nitrogens with one attached hydrogen (secondary N) is 1. The third kappa shape index (κ3) is 5.50. The number of carbonyl (C=O) groups is 1. The molecule has 7 heteroatoms. The predicted octanol–water partition coefficient (Wildman–Crippen LogP) is 0.500. The Labute approximate surface area is 112 Å². The van der Waals surface area contributed by atoms with E-state index in [0.29, 0.717) is 25.3 Å². The van der Waals surface area contributed by atoms with Crippen LogP contribution in [0.15, 0.2) is 6.20 Å². The summed E-state index contributed by atoms with van der Waals surface area (Å²) in [5, 5.41) is 10.5. The number of nitrogens with two attached hydrogens (primary N) is 1. The van der Waals surface area contributed by atoms with E-state index in [-0.39, 0.29) is 5.91 Å². The third-order valence-electron chi connectivity index (χ3n) is 2.44. The number of unbranched alkanes of at least 4 members (excludes halogenated alkanes) is 2. The molecule has 0 aromatic carbocycles. The Kier molecular flexibility index (Phi) is 7.43. The zero-order chi connectivity index (χ0) is 13.2. The van der Waals surface area contributed by atoms with Gasteiger partial charge in [0.15, 0.2) is 5.69 Å². The molecule has 18 heavy (non-hydrogen) atoms. The summed E-state index contributed by atoms with van der Waals surface area (Å²) >= 11 is 1.85. The van der Waals surface area contributed by atoms with E-state index in [0.717, 1.165) is 12.8 Å². The highest BCUT2D eigenvalue weighted by Crippen LogP contribution is 2.01. The SMILES string of the molecule is CSCCCCCNC(=O)c1cn(CCN)nn1. The van der Waals surface area contributed by atoms with Crippen LogP contribution in [0.25, 0.3) is 0 Å². The number of hydrogen-bond donors (Lipinski definition) is 2. The van der Waals surface area contributed by atoms with Gasteiger partial charge in [-0.05, 0) is 24.9 Å². The van der Waals surface area contributed by atoms with Crippen molar-refractivity contribution in [1.29, 1.82) is 0 Å². The summed E-state index contributed by atoms with van der Waals surface area (Å²) < 4.78 is 1.58. The minimum atomic E-state index is -0.164. The zero-order valence-electron chi connectivity index (χ0n) is 10.8. The molecule has 0 aliphatic heterocycles. The number of aromatic nitrogens is 3. The first-order valence-corrected chi connectivity index (χ1v) is 7.54. The Hall–Kier alpha value is -1.08. The molecular weight excluding hydrogens is 250 g/mol. The van der Waals surface area contributed by atoms with E-state index in [4.69, 9.17) is 5.73 Å². The van der Waals surface area contributed by atoms with E-state index >= 15 is 0 Å². The standard InChI is InChI=1S/C11H21N5OS/c1-18-8-4-2-3-6-13-11(17)10-9-16(7-5-12)15-14-10/h9H,2-8,12H2,1H3,(H,13,17). The van der Waals surface area contributed by atoms with Crippen LogP contribution in [0.3, 0.4) is 0 Å². The van der Waals surface area contributed by atoms with Gasteiger partial charge in [0.2, 0.25) is 0 Å². The average molecular weight is 271 g/mol. The van der Waals surface area contributed by atoms with Gasteiger partial charge in [-0.25, -0.2) is 0 Å². The lowest BCUT2D eigenvalue weighted by Gasteiger charge is -2.02. The van der Waals surface area contributed by atoms with Crippen molar-refractivity contribution in [2.45, 2.75) is 25.8 Å². The molecule has 1 aromatic heterocycles. The van der Waals surface area contributed by atoms with Gasteiger partial charge in [0, 0.05) is 13.1 Å². The first-order chi connectivity index (χ1) is 8.77. The van der Waals surface area contributed by atoms with Crippen LogP contribution in [0.2, 0.25) is 0 Å². The van der Waals surface area contributed by atoms with Gasteiger partial charge in [0.05, 0.1) is 12.7 Å². The number of thioether (sulfide) groups is 1. The number of carbonyl (C=O) groups excluding carboxylic acids is 1. The van der Waals surface area contributed by atoms with E-state index in [9.17, 15) is 4.79 Å². The lowest BCUT2D eigenvalue weighted by atomic mass is 10.2. The van der Waals surface area contributed by atoms with Crippen molar-refractivity contribution in [3.05, 3.63) is 11.9 Å². The van der Waals surface area contributed by atoms with Crippen molar-refractivity contribution in [2.24, 2.45) is 5.73 Å². The molecular formula is C11H21N5OS. The van der Waals surface area contributed by atoms with Crippen LogP contribution in [0, 0.1) is 0 Å². The molecule has 102 valence electrons. The van der Waals surface area contributed by atoms with Gasteiger partial charge in [-0.15, -0.1) is 5.10 Å². The van der Waals surface area contributed by atoms with E-state index in [1.807, 2.05) is 11.8 Å². The minimum Gasteiger partial charge on any atom is -0.351 e. The maximum Gasteiger partial charge on any atom is 0.273 e. The Morgan fingerprint density at radius 1 is 1.50 bits per heavy atom. The van der Waals surface area contributed by atoms with Crippen molar-refractivity contribution in [2.75, 3.05) is 25.1 Å². The maximum absolute atomic E-state index is 11.7. The Balaban J connectivity index is 2.19. The summed E-state index contributed by atoms with van der Waals surface area (Å²) in [7, 11) is 0. The van der Waals surface area contributed by atoms with E-state index in [1.54, 1.807) is 10.9 Å². The molecule has 0 bridgehead atoms. The molecule has 6 nitrogen and oxygen atoms in total. The van der Waals surface area contributed by atoms with Gasteiger partial charge in [0.1, 0.15) is 0 Å². The lowest BCUT2D eigenvalue weighted by molar-refractivity contribution is 0.0948. The highest BCUT2D eigenvalue weighted by atomic mass is 32.2. The molecule has 1 heterocycles. The number of nitrogens with zero attached hydrogens (tertiary/aromatic N) is 3. The number of amides is 1. The fourth-order valence-electron chi connectivity index (χ4n) is 1.48. The van der Waals surface area contributed by atoms with Crippen molar-refractivity contribution < 1.29 is 4.79 Å². The molecule has 0 aliphatic carbocycles. The van der Waals surface area contributed by atoms with Crippen LogP contribution in [-0.2, 0) is 6.54 Å². The monoisotopic (exact) mass is 271 g/mol. The molecule has 0 fully saturated rings. The Bertz CT molecular complexity index is 355. The molecule has 0 aliphatic rings. The molecule has 1 amide bonds. The zero-order valence-corrected chi connectivity index (χ0v) is 11.6. The molecule has 0 spiro atoms. The third-order valence-corrected chi connectivity index (χ3v) is 3.14. The highest BCUT2D eigenvalue weighted by Gasteiger charge is 2.09. The number of hydrogen-bond acceptors (Lipinski definition) is 5. The second-order valence-electron chi connectivity index (χ2n) is 3.96. The van der Waals surface area contributed by atoms with Crippen molar-refractivity contribution in [3.63, 3.8) is 0 Å². The summed E-state index contributed by atoms with van der Waals surface area (Å²) in [4.78, 5) is 11.7. The highest BCUT2D eigenvalue weighted by molar-refractivity contribution is 7.98. The number of rotatable bonds is 9. The molecule has 0 saturated carbocycles. The van der Waals surface area contributed by atoms with Crippen molar-refractivity contribution in [3.8, 4) is 0 Å². The van der Waals surface area contributed by atoms with Crippen LogP contribution in [0.5, 0.6) is 0 Å². The molecule has 1 rings (SSSR count). The van der Waals surface area contributed by atoms with Gasteiger partial charge < -0.3 is 11.1 Å². The molecule has 0 radical (unpaired) electrons. The van der Waals surface area contributed by atoms with Gasteiger partial charge in [-0.3, -0.25) is 9.48 Å². The molecule has 3 N–H and O–H groups in total. The van der Waals surface area contributed by atoms with Gasteiger partial charge >= 0.3 is 0 Å². The van der Waals surface area contributed by atoms with Crippen LogP contribution >= 0.6 is 11.8 Å². The summed E-state index contributed by atoms with van der Waals surface area (Å²) in [5.41, 5.74) is 5.75. The topological polar surface area (TPSA) is 85.8 Å². The van der Waals surface area contributed by atoms with Crippen molar-refractivity contribution >= 4 is 17.7 Å². The van der Waals surface area contributed by atoms with Gasteiger partial charge in [-0.1, -0.05) is 11.6 Å².